The molecule has 0 atom stereocenters. The highest BCUT2D eigenvalue weighted by Gasteiger charge is 2.13. The zero-order valence-electron chi connectivity index (χ0n) is 8.46. The maximum absolute atomic E-state index is 11.4. The van der Waals surface area contributed by atoms with Gasteiger partial charge in [0.05, 0.1) is 12.7 Å². The van der Waals surface area contributed by atoms with Crippen LogP contribution >= 0.6 is 27.7 Å². The standard InChI is InChI=1S/C10H13BrO2S/c1-5-7(10(12)13-3)9(14-4)8(11)6-2/h5-6H,1H2,2-4H3/b8-6+,9-7-. The minimum absolute atomic E-state index is 0.372. The summed E-state index contributed by atoms with van der Waals surface area (Å²) in [4.78, 5) is 12.2. The Balaban J connectivity index is 5.33. The van der Waals surface area contributed by atoms with E-state index in [0.717, 1.165) is 9.39 Å². The van der Waals surface area contributed by atoms with Gasteiger partial charge in [0.25, 0.3) is 0 Å². The molecule has 0 fully saturated rings. The lowest BCUT2D eigenvalue weighted by molar-refractivity contribution is -0.135. The fourth-order valence-electron chi connectivity index (χ4n) is 0.846. The maximum Gasteiger partial charge on any atom is 0.339 e. The summed E-state index contributed by atoms with van der Waals surface area (Å²) in [6, 6.07) is 0. The fraction of sp³-hybridized carbons (Fsp3) is 0.300. The summed E-state index contributed by atoms with van der Waals surface area (Å²) in [7, 11) is 1.35. The Morgan fingerprint density at radius 2 is 2.14 bits per heavy atom. The van der Waals surface area contributed by atoms with Crippen LogP contribution in [0.15, 0.2) is 33.7 Å². The summed E-state index contributed by atoms with van der Waals surface area (Å²) in [5.74, 6) is -0.372. The van der Waals surface area contributed by atoms with E-state index in [-0.39, 0.29) is 5.97 Å². The molecule has 0 rings (SSSR count). The average Bonchev–Trinajstić information content (AvgIpc) is 2.23. The number of hydrogen-bond donors (Lipinski definition) is 0. The molecule has 0 aromatic rings. The molecule has 14 heavy (non-hydrogen) atoms. The van der Waals surface area contributed by atoms with Gasteiger partial charge in [0.1, 0.15) is 0 Å². The zero-order valence-corrected chi connectivity index (χ0v) is 10.9. The van der Waals surface area contributed by atoms with E-state index in [1.807, 2.05) is 19.3 Å². The number of thioether (sulfide) groups is 1. The van der Waals surface area contributed by atoms with Crippen LogP contribution in [0.1, 0.15) is 6.92 Å². The average molecular weight is 277 g/mol. The van der Waals surface area contributed by atoms with Gasteiger partial charge in [-0.05, 0) is 29.1 Å². The molecular weight excluding hydrogens is 264 g/mol. The number of carbonyl (C=O) groups is 1. The molecule has 0 spiro atoms. The van der Waals surface area contributed by atoms with Crippen LogP contribution < -0.4 is 0 Å². The highest BCUT2D eigenvalue weighted by Crippen LogP contribution is 2.30. The summed E-state index contributed by atoms with van der Waals surface area (Å²) in [5.41, 5.74) is 0.477. The van der Waals surface area contributed by atoms with E-state index in [0.29, 0.717) is 5.57 Å². The van der Waals surface area contributed by atoms with Crippen molar-refractivity contribution in [2.45, 2.75) is 6.92 Å². The van der Waals surface area contributed by atoms with E-state index in [1.54, 1.807) is 0 Å². The number of methoxy groups -OCH3 is 1. The van der Waals surface area contributed by atoms with Crippen molar-refractivity contribution in [1.82, 2.24) is 0 Å². The number of hydrogen-bond acceptors (Lipinski definition) is 3. The Bertz CT molecular complexity index is 292. The molecule has 0 saturated heterocycles. The number of halogens is 1. The summed E-state index contributed by atoms with van der Waals surface area (Å²) < 4.78 is 5.52. The van der Waals surface area contributed by atoms with Crippen molar-refractivity contribution < 1.29 is 9.53 Å². The van der Waals surface area contributed by atoms with Gasteiger partial charge in [-0.15, -0.1) is 11.8 Å². The van der Waals surface area contributed by atoms with Crippen LogP contribution in [0, 0.1) is 0 Å². The Hall–Kier alpha value is -0.480. The molecule has 0 unspecified atom stereocenters. The number of allylic oxidation sites excluding steroid dienone is 2. The minimum Gasteiger partial charge on any atom is -0.465 e. The first-order valence-corrected chi connectivity index (χ1v) is 5.95. The van der Waals surface area contributed by atoms with Crippen LogP contribution in [0.3, 0.4) is 0 Å². The molecule has 0 heterocycles. The molecule has 4 heteroatoms. The number of ether oxygens (including phenoxy) is 1. The lowest BCUT2D eigenvalue weighted by Crippen LogP contribution is -2.04. The third-order valence-electron chi connectivity index (χ3n) is 1.53. The summed E-state index contributed by atoms with van der Waals surface area (Å²) in [6.07, 6.45) is 5.27. The second kappa shape index (κ2) is 6.90. The summed E-state index contributed by atoms with van der Waals surface area (Å²) in [5, 5.41) is 0. The highest BCUT2D eigenvalue weighted by molar-refractivity contribution is 9.12. The second-order valence-electron chi connectivity index (χ2n) is 2.28. The van der Waals surface area contributed by atoms with Gasteiger partial charge in [-0.25, -0.2) is 4.79 Å². The fourth-order valence-corrected chi connectivity index (χ4v) is 2.24. The molecule has 0 aliphatic heterocycles. The van der Waals surface area contributed by atoms with Crippen molar-refractivity contribution in [1.29, 1.82) is 0 Å². The Labute approximate surface area is 97.2 Å². The van der Waals surface area contributed by atoms with Crippen LogP contribution in [0.5, 0.6) is 0 Å². The predicted octanol–water partition coefficient (Wildman–Crippen LogP) is 3.26. The van der Waals surface area contributed by atoms with Gasteiger partial charge in [0, 0.05) is 9.39 Å². The molecule has 0 saturated carbocycles. The third-order valence-corrected chi connectivity index (χ3v) is 3.49. The Morgan fingerprint density at radius 3 is 2.43 bits per heavy atom. The van der Waals surface area contributed by atoms with E-state index >= 15 is 0 Å². The molecule has 0 amide bonds. The molecule has 0 bridgehead atoms. The van der Waals surface area contributed by atoms with Gasteiger partial charge in [0.2, 0.25) is 0 Å². The Kier molecular flexibility index (Phi) is 6.66. The minimum atomic E-state index is -0.372. The smallest absolute Gasteiger partial charge is 0.339 e. The van der Waals surface area contributed by atoms with Gasteiger partial charge >= 0.3 is 5.97 Å². The van der Waals surface area contributed by atoms with Crippen molar-refractivity contribution in [3.05, 3.63) is 33.7 Å². The first-order chi connectivity index (χ1) is 6.62. The van der Waals surface area contributed by atoms with Crippen molar-refractivity contribution in [2.24, 2.45) is 0 Å². The first-order valence-electron chi connectivity index (χ1n) is 3.93. The van der Waals surface area contributed by atoms with Gasteiger partial charge < -0.3 is 4.74 Å². The molecule has 2 nitrogen and oxygen atoms in total. The molecule has 0 aliphatic carbocycles. The molecule has 0 aromatic carbocycles. The second-order valence-corrected chi connectivity index (χ2v) is 3.95. The van der Waals surface area contributed by atoms with Crippen LogP contribution in [0.25, 0.3) is 0 Å². The van der Waals surface area contributed by atoms with Crippen LogP contribution in [0.4, 0.5) is 0 Å². The van der Waals surface area contributed by atoms with E-state index in [9.17, 15) is 4.79 Å². The molecule has 0 N–H and O–H groups in total. The summed E-state index contributed by atoms with van der Waals surface area (Å²) in [6.45, 7) is 5.48. The molecular formula is C10H13BrO2S. The van der Waals surface area contributed by atoms with Crippen LogP contribution in [-0.4, -0.2) is 19.3 Å². The highest BCUT2D eigenvalue weighted by atomic mass is 79.9. The lowest BCUT2D eigenvalue weighted by Gasteiger charge is -2.07. The largest absolute Gasteiger partial charge is 0.465 e. The van der Waals surface area contributed by atoms with Crippen LogP contribution in [0.2, 0.25) is 0 Å². The van der Waals surface area contributed by atoms with Crippen molar-refractivity contribution in [3.8, 4) is 0 Å². The third kappa shape index (κ3) is 3.35. The van der Waals surface area contributed by atoms with Gasteiger partial charge in [-0.1, -0.05) is 18.7 Å². The predicted molar refractivity (Wildman–Crippen MR) is 65.4 cm³/mol. The Morgan fingerprint density at radius 1 is 1.57 bits per heavy atom. The van der Waals surface area contributed by atoms with Gasteiger partial charge in [-0.3, -0.25) is 0 Å². The summed E-state index contributed by atoms with van der Waals surface area (Å²) >= 11 is 4.84. The topological polar surface area (TPSA) is 26.3 Å². The number of carbonyl (C=O) groups excluding carboxylic acids is 1. The van der Waals surface area contributed by atoms with E-state index in [4.69, 9.17) is 0 Å². The van der Waals surface area contributed by atoms with Crippen LogP contribution in [-0.2, 0) is 9.53 Å². The SMILES string of the molecule is C=C/C(C(=O)OC)=C(SC)\C(Br)=C/C. The maximum atomic E-state index is 11.4. The number of esters is 1. The normalized spacial score (nSPS) is 13.3. The van der Waals surface area contributed by atoms with Crippen molar-refractivity contribution in [3.63, 3.8) is 0 Å². The monoisotopic (exact) mass is 276 g/mol. The van der Waals surface area contributed by atoms with Gasteiger partial charge in [-0.2, -0.15) is 0 Å². The number of rotatable bonds is 4. The van der Waals surface area contributed by atoms with E-state index < -0.39 is 0 Å². The molecule has 0 aromatic heterocycles. The zero-order chi connectivity index (χ0) is 11.1. The lowest BCUT2D eigenvalue weighted by atomic mass is 10.2. The van der Waals surface area contributed by atoms with Crippen molar-refractivity contribution in [2.75, 3.05) is 13.4 Å². The molecule has 0 radical (unpaired) electrons. The quantitative estimate of drug-likeness (QED) is 0.448. The molecule has 78 valence electrons. The van der Waals surface area contributed by atoms with Gasteiger partial charge in [0.15, 0.2) is 0 Å². The molecule has 0 aliphatic rings. The van der Waals surface area contributed by atoms with Crippen molar-refractivity contribution >= 4 is 33.7 Å². The first kappa shape index (κ1) is 13.5. The van der Waals surface area contributed by atoms with E-state index in [1.165, 1.54) is 24.9 Å². The van der Waals surface area contributed by atoms with E-state index in [2.05, 4.69) is 27.2 Å².